The fourth-order valence-electron chi connectivity index (χ4n) is 3.24. The van der Waals surface area contributed by atoms with Crippen molar-refractivity contribution in [2.45, 2.75) is 18.9 Å². The average Bonchev–Trinajstić information content (AvgIpc) is 3.03. The molecule has 9 heteroatoms. The molecule has 2 aliphatic rings. The van der Waals surface area contributed by atoms with Crippen molar-refractivity contribution >= 4 is 21.7 Å². The molecule has 8 nitrogen and oxygen atoms in total. The highest BCUT2D eigenvalue weighted by atomic mass is 32.2. The zero-order valence-electron chi connectivity index (χ0n) is 13.3. The van der Waals surface area contributed by atoms with Crippen LogP contribution in [-0.2, 0) is 10.0 Å². The summed E-state index contributed by atoms with van der Waals surface area (Å²) in [6, 6.07) is 2.06. The molecule has 0 saturated carbocycles. The molecule has 128 valence electrons. The summed E-state index contributed by atoms with van der Waals surface area (Å²) < 4.78 is 24.7. The largest absolute Gasteiger partial charge is 0.394 e. The molecule has 2 saturated heterocycles. The molecule has 1 atom stereocenters. The van der Waals surface area contributed by atoms with E-state index in [1.54, 1.807) is 6.33 Å². The first-order valence-corrected chi connectivity index (χ1v) is 9.73. The molecule has 0 aromatic carbocycles. The third-order valence-electron chi connectivity index (χ3n) is 4.55. The Balaban J connectivity index is 1.71. The molecule has 1 aromatic heterocycles. The minimum absolute atomic E-state index is 0.125. The Morgan fingerprint density at radius 2 is 1.87 bits per heavy atom. The molecule has 3 rings (SSSR count). The van der Waals surface area contributed by atoms with Crippen molar-refractivity contribution in [2.75, 3.05) is 55.4 Å². The fraction of sp³-hybridized carbons (Fsp3) is 0.714. The van der Waals surface area contributed by atoms with Crippen LogP contribution < -0.4 is 9.80 Å². The van der Waals surface area contributed by atoms with Crippen molar-refractivity contribution in [2.24, 2.45) is 0 Å². The van der Waals surface area contributed by atoms with Crippen LogP contribution in [0.4, 0.5) is 11.6 Å². The first kappa shape index (κ1) is 16.4. The lowest BCUT2D eigenvalue weighted by atomic mass is 10.2. The van der Waals surface area contributed by atoms with Crippen LogP contribution in [0.5, 0.6) is 0 Å². The standard InChI is InChI=1S/C14H23N5O3S/c1-23(21,22)18-7-5-17(6-8-18)13-9-14(16-11-15-13)19-4-2-3-12(19)10-20/h9,11-12,20H,2-8,10H2,1H3/t12-/m1/s1. The number of hydrogen-bond donors (Lipinski definition) is 1. The van der Waals surface area contributed by atoms with Crippen molar-refractivity contribution in [3.63, 3.8) is 0 Å². The summed E-state index contributed by atoms with van der Waals surface area (Å²) >= 11 is 0. The maximum atomic E-state index is 11.6. The van der Waals surface area contributed by atoms with Gasteiger partial charge in [-0.3, -0.25) is 0 Å². The lowest BCUT2D eigenvalue weighted by Gasteiger charge is -2.34. The Morgan fingerprint density at radius 1 is 1.17 bits per heavy atom. The second-order valence-corrected chi connectivity index (χ2v) is 8.04. The number of nitrogens with zero attached hydrogens (tertiary/aromatic N) is 5. The van der Waals surface area contributed by atoms with Gasteiger partial charge in [-0.25, -0.2) is 18.4 Å². The van der Waals surface area contributed by atoms with Crippen molar-refractivity contribution in [3.8, 4) is 0 Å². The van der Waals surface area contributed by atoms with Crippen LogP contribution in [0.1, 0.15) is 12.8 Å². The summed E-state index contributed by atoms with van der Waals surface area (Å²) in [5, 5.41) is 9.46. The second kappa shape index (κ2) is 6.58. The van der Waals surface area contributed by atoms with E-state index in [1.165, 1.54) is 10.6 Å². The SMILES string of the molecule is CS(=O)(=O)N1CCN(c2cc(N3CCC[C@@H]3CO)ncn2)CC1. The maximum Gasteiger partial charge on any atom is 0.211 e. The predicted octanol–water partition coefficient (Wildman–Crippen LogP) is -0.481. The van der Waals surface area contributed by atoms with E-state index < -0.39 is 10.0 Å². The number of aliphatic hydroxyl groups excluding tert-OH is 1. The highest BCUT2D eigenvalue weighted by Crippen LogP contribution is 2.26. The molecule has 2 aliphatic heterocycles. The minimum atomic E-state index is -3.13. The third-order valence-corrected chi connectivity index (χ3v) is 5.86. The van der Waals surface area contributed by atoms with Gasteiger partial charge in [0.25, 0.3) is 0 Å². The molecular formula is C14H23N5O3S. The molecule has 1 N–H and O–H groups in total. The monoisotopic (exact) mass is 341 g/mol. The molecule has 0 amide bonds. The molecule has 0 aliphatic carbocycles. The Labute approximate surface area is 136 Å². The van der Waals surface area contributed by atoms with Crippen molar-refractivity contribution < 1.29 is 13.5 Å². The number of rotatable bonds is 4. The van der Waals surface area contributed by atoms with Gasteiger partial charge in [-0.15, -0.1) is 0 Å². The Kier molecular flexibility index (Phi) is 4.69. The molecule has 23 heavy (non-hydrogen) atoms. The second-order valence-electron chi connectivity index (χ2n) is 6.06. The van der Waals surface area contributed by atoms with Gasteiger partial charge in [-0.2, -0.15) is 4.31 Å². The third kappa shape index (κ3) is 3.56. The molecule has 3 heterocycles. The van der Waals surface area contributed by atoms with E-state index in [9.17, 15) is 13.5 Å². The summed E-state index contributed by atoms with van der Waals surface area (Å²) in [6.07, 6.45) is 4.81. The van der Waals surface area contributed by atoms with Gasteiger partial charge in [-0.05, 0) is 12.8 Å². The zero-order chi connectivity index (χ0) is 16.4. The van der Waals surface area contributed by atoms with Crippen LogP contribution >= 0.6 is 0 Å². The number of aliphatic hydroxyl groups is 1. The molecular weight excluding hydrogens is 318 g/mol. The van der Waals surface area contributed by atoms with Crippen molar-refractivity contribution in [1.82, 2.24) is 14.3 Å². The predicted molar refractivity (Wildman–Crippen MR) is 88.1 cm³/mol. The van der Waals surface area contributed by atoms with E-state index in [0.717, 1.165) is 31.0 Å². The molecule has 0 radical (unpaired) electrons. The van der Waals surface area contributed by atoms with E-state index in [0.29, 0.717) is 26.2 Å². The minimum Gasteiger partial charge on any atom is -0.394 e. The Morgan fingerprint density at radius 3 is 2.52 bits per heavy atom. The molecule has 0 unspecified atom stereocenters. The number of hydrogen-bond acceptors (Lipinski definition) is 7. The number of aromatic nitrogens is 2. The maximum absolute atomic E-state index is 11.6. The summed E-state index contributed by atoms with van der Waals surface area (Å²) in [4.78, 5) is 12.9. The summed E-state index contributed by atoms with van der Waals surface area (Å²) in [7, 11) is -3.13. The zero-order valence-corrected chi connectivity index (χ0v) is 14.1. The van der Waals surface area contributed by atoms with Crippen LogP contribution in [0.15, 0.2) is 12.4 Å². The van der Waals surface area contributed by atoms with Crippen molar-refractivity contribution in [1.29, 1.82) is 0 Å². The molecule has 2 fully saturated rings. The van der Waals surface area contributed by atoms with E-state index in [2.05, 4.69) is 19.8 Å². The summed E-state index contributed by atoms with van der Waals surface area (Å²) in [6.45, 7) is 3.21. The van der Waals surface area contributed by atoms with Crippen LogP contribution in [0.25, 0.3) is 0 Å². The van der Waals surface area contributed by atoms with Gasteiger partial charge < -0.3 is 14.9 Å². The molecule has 0 bridgehead atoms. The quantitative estimate of drug-likeness (QED) is 0.791. The average molecular weight is 341 g/mol. The van der Waals surface area contributed by atoms with Gasteiger partial charge in [0, 0.05) is 38.8 Å². The van der Waals surface area contributed by atoms with E-state index in [-0.39, 0.29) is 12.6 Å². The smallest absolute Gasteiger partial charge is 0.211 e. The number of anilines is 2. The first-order chi connectivity index (χ1) is 11.0. The van der Waals surface area contributed by atoms with Crippen molar-refractivity contribution in [3.05, 3.63) is 12.4 Å². The fourth-order valence-corrected chi connectivity index (χ4v) is 4.07. The Hall–Kier alpha value is -1.45. The van der Waals surface area contributed by atoms with Gasteiger partial charge in [0.15, 0.2) is 0 Å². The van der Waals surface area contributed by atoms with Gasteiger partial charge in [0.1, 0.15) is 18.0 Å². The molecule has 1 aromatic rings. The van der Waals surface area contributed by atoms with Gasteiger partial charge in [0.2, 0.25) is 10.0 Å². The van der Waals surface area contributed by atoms with E-state index in [4.69, 9.17) is 0 Å². The topological polar surface area (TPSA) is 89.9 Å². The van der Waals surface area contributed by atoms with Crippen LogP contribution in [-0.4, -0.2) is 79.4 Å². The van der Waals surface area contributed by atoms with Gasteiger partial charge >= 0.3 is 0 Å². The van der Waals surface area contributed by atoms with Crippen LogP contribution in [0, 0.1) is 0 Å². The van der Waals surface area contributed by atoms with Crippen LogP contribution in [0.2, 0.25) is 0 Å². The number of piperazine rings is 1. The van der Waals surface area contributed by atoms with Crippen LogP contribution in [0.3, 0.4) is 0 Å². The van der Waals surface area contributed by atoms with Gasteiger partial charge in [-0.1, -0.05) is 0 Å². The first-order valence-electron chi connectivity index (χ1n) is 7.88. The Bertz CT molecular complexity index is 646. The summed E-state index contributed by atoms with van der Waals surface area (Å²) in [5.41, 5.74) is 0. The van der Waals surface area contributed by atoms with Gasteiger partial charge in [0.05, 0.1) is 18.9 Å². The van der Waals surface area contributed by atoms with E-state index in [1.807, 2.05) is 6.07 Å². The highest BCUT2D eigenvalue weighted by Gasteiger charge is 2.27. The normalized spacial score (nSPS) is 23.5. The number of sulfonamides is 1. The summed E-state index contributed by atoms with van der Waals surface area (Å²) in [5.74, 6) is 1.64. The van der Waals surface area contributed by atoms with E-state index >= 15 is 0 Å². The lowest BCUT2D eigenvalue weighted by molar-refractivity contribution is 0.266. The highest BCUT2D eigenvalue weighted by molar-refractivity contribution is 7.88. The molecule has 0 spiro atoms. The lowest BCUT2D eigenvalue weighted by Crippen LogP contribution is -2.48.